The molecule has 3 fully saturated rings. The molecule has 6 aromatic rings. The molecule has 302 valence electrons. The normalized spacial score (nSPS) is 25.4. The largest absolute Gasteiger partial charge is 0.484 e. The van der Waals surface area contributed by atoms with Crippen LogP contribution in [0.25, 0.3) is 21.8 Å². The highest BCUT2D eigenvalue weighted by atomic mass is 16.5. The summed E-state index contributed by atoms with van der Waals surface area (Å²) < 4.78 is 32.7. The number of benzene rings is 2. The summed E-state index contributed by atoms with van der Waals surface area (Å²) in [6.45, 7) is 7.55. The monoisotopic (exact) mass is 786 g/mol. The predicted octanol–water partition coefficient (Wildman–Crippen LogP) is 6.76. The third-order valence-electron chi connectivity index (χ3n) is 12.8. The molecular formula is C44H50N8O6. The lowest BCUT2D eigenvalue weighted by Crippen LogP contribution is -2.50. The van der Waals surface area contributed by atoms with E-state index in [0.29, 0.717) is 36.6 Å². The minimum atomic E-state index is -0.188. The van der Waals surface area contributed by atoms with E-state index in [1.165, 1.54) is 22.3 Å². The second-order valence-corrected chi connectivity index (χ2v) is 16.9. The van der Waals surface area contributed by atoms with Crippen LogP contribution in [0, 0.1) is 11.3 Å². The molecule has 4 atom stereocenters. The van der Waals surface area contributed by atoms with Gasteiger partial charge in [-0.2, -0.15) is 0 Å². The van der Waals surface area contributed by atoms with Crippen LogP contribution in [0.2, 0.25) is 0 Å². The van der Waals surface area contributed by atoms with Gasteiger partial charge in [0.2, 0.25) is 0 Å². The Morgan fingerprint density at radius 2 is 1.33 bits per heavy atom. The highest BCUT2D eigenvalue weighted by Crippen LogP contribution is 2.60. The standard InChI is InChI=1S/C23H26N4O3.C21H24N4O3/c1-14(22-12-27(26-25-22)16-7-23(8-16)9-17(28)10-23)30-18-2-3-21-20(6-18)19-4-5-29-13-15(19)11-24-21;1-13(20-10-25(24-23-20)21-7-14(21)11-26-2)28-16-3-4-19-18(8-16)17-5-6-27-12-15(17)9-22-19/h2-3,6,11-12,14,16-17,28H,4-5,7-10,13H2,1H3;3-4,8-10,13-14,21H,5-7,11-12H2,1-2H3/t;13?,14-,21?/m.0/s1. The Morgan fingerprint density at radius 1 is 0.776 bits per heavy atom. The zero-order chi connectivity index (χ0) is 39.4. The van der Waals surface area contributed by atoms with Crippen LogP contribution in [0.3, 0.4) is 0 Å². The first-order valence-corrected chi connectivity index (χ1v) is 20.6. The molecule has 14 heteroatoms. The Kier molecular flexibility index (Phi) is 9.83. The van der Waals surface area contributed by atoms with Crippen LogP contribution in [-0.2, 0) is 40.3 Å². The van der Waals surface area contributed by atoms with Crippen molar-refractivity contribution < 1.29 is 28.8 Å². The van der Waals surface area contributed by atoms with Gasteiger partial charge in [0.15, 0.2) is 0 Å². The molecule has 4 aromatic heterocycles. The van der Waals surface area contributed by atoms with Crippen LogP contribution in [0.5, 0.6) is 11.5 Å². The third-order valence-corrected chi connectivity index (χ3v) is 12.8. The van der Waals surface area contributed by atoms with Gasteiger partial charge in [0.1, 0.15) is 35.1 Å². The molecule has 58 heavy (non-hydrogen) atoms. The van der Waals surface area contributed by atoms with Gasteiger partial charge >= 0.3 is 0 Å². The van der Waals surface area contributed by atoms with Crippen molar-refractivity contribution in [1.29, 1.82) is 0 Å². The molecule has 0 amide bonds. The number of rotatable bonds is 10. The van der Waals surface area contributed by atoms with E-state index < -0.39 is 0 Å². The van der Waals surface area contributed by atoms with Crippen molar-refractivity contribution in [2.75, 3.05) is 26.9 Å². The van der Waals surface area contributed by atoms with Gasteiger partial charge in [-0.15, -0.1) is 10.2 Å². The number of aliphatic hydroxyl groups excluding tert-OH is 1. The van der Waals surface area contributed by atoms with E-state index in [1.54, 1.807) is 7.11 Å². The Bertz CT molecular complexity index is 2440. The highest BCUT2D eigenvalue weighted by molar-refractivity contribution is 5.85. The fraction of sp³-hybridized carbons (Fsp3) is 0.500. The first-order valence-electron chi connectivity index (χ1n) is 20.6. The topological polar surface area (TPSA) is 154 Å². The molecule has 0 radical (unpaired) electrons. The maximum absolute atomic E-state index is 9.59. The van der Waals surface area contributed by atoms with Crippen molar-refractivity contribution in [1.82, 2.24) is 40.0 Å². The van der Waals surface area contributed by atoms with Gasteiger partial charge in [0.25, 0.3) is 0 Å². The fourth-order valence-electron chi connectivity index (χ4n) is 9.41. The number of aliphatic hydroxyl groups is 1. The molecule has 5 aliphatic rings. The van der Waals surface area contributed by atoms with Gasteiger partial charge in [-0.05, 0) is 123 Å². The van der Waals surface area contributed by atoms with E-state index in [9.17, 15) is 5.11 Å². The van der Waals surface area contributed by atoms with E-state index in [-0.39, 0.29) is 18.3 Å². The third kappa shape index (κ3) is 7.31. The minimum absolute atomic E-state index is 0.0963. The van der Waals surface area contributed by atoms with Gasteiger partial charge in [-0.1, -0.05) is 10.4 Å². The molecule has 0 bridgehead atoms. The van der Waals surface area contributed by atoms with E-state index in [2.05, 4.69) is 42.7 Å². The number of pyridine rings is 2. The molecule has 6 heterocycles. The summed E-state index contributed by atoms with van der Waals surface area (Å²) in [6.07, 6.45) is 14.4. The summed E-state index contributed by atoms with van der Waals surface area (Å²) in [4.78, 5) is 9.12. The Hall–Kier alpha value is -5.02. The average Bonchev–Trinajstić information content (AvgIpc) is 3.55. The van der Waals surface area contributed by atoms with Crippen molar-refractivity contribution in [3.8, 4) is 11.5 Å². The van der Waals surface area contributed by atoms with Gasteiger partial charge in [0.05, 0.1) is 74.6 Å². The Balaban J connectivity index is 0.000000141. The summed E-state index contributed by atoms with van der Waals surface area (Å²) in [7, 11) is 1.74. The van der Waals surface area contributed by atoms with E-state index >= 15 is 0 Å². The zero-order valence-corrected chi connectivity index (χ0v) is 33.3. The van der Waals surface area contributed by atoms with Crippen molar-refractivity contribution >= 4 is 21.8 Å². The lowest BCUT2D eigenvalue weighted by atomic mass is 9.53. The second kappa shape index (κ2) is 15.3. The summed E-state index contributed by atoms with van der Waals surface area (Å²) in [6, 6.07) is 12.9. The number of nitrogens with zero attached hydrogens (tertiary/aromatic N) is 8. The lowest BCUT2D eigenvalue weighted by molar-refractivity contribution is -0.108. The quantitative estimate of drug-likeness (QED) is 0.156. The average molecular weight is 787 g/mol. The van der Waals surface area contributed by atoms with E-state index in [0.717, 1.165) is 109 Å². The smallest absolute Gasteiger partial charge is 0.141 e. The maximum atomic E-state index is 9.59. The number of fused-ring (bicyclic) bond motifs is 6. The molecule has 2 aliphatic heterocycles. The second-order valence-electron chi connectivity index (χ2n) is 16.9. The number of hydrogen-bond acceptors (Lipinski definition) is 12. The van der Waals surface area contributed by atoms with Crippen molar-refractivity contribution in [2.45, 2.75) is 102 Å². The molecule has 1 N–H and O–H groups in total. The van der Waals surface area contributed by atoms with Crippen molar-refractivity contribution in [3.05, 3.63) is 94.8 Å². The molecule has 3 unspecified atom stereocenters. The number of aromatic nitrogens is 8. The Labute approximate surface area is 336 Å². The van der Waals surface area contributed by atoms with E-state index in [1.807, 2.05) is 72.3 Å². The molecule has 11 rings (SSSR count). The molecule has 14 nitrogen and oxygen atoms in total. The first-order chi connectivity index (χ1) is 28.3. The van der Waals surface area contributed by atoms with Crippen LogP contribution in [-0.4, -0.2) is 78.1 Å². The lowest BCUT2D eigenvalue weighted by Gasteiger charge is -2.56. The SMILES string of the molecule is CC(Oc1ccc2ncc3c(c2c1)CCOC3)c1cn(C2CC3(CC(O)C3)C2)nn1.COC[C@@H]1CC1n1cc(C(C)Oc2ccc3ncc4c(c3c2)CCOC4)nn1. The van der Waals surface area contributed by atoms with Gasteiger partial charge in [0, 0.05) is 36.2 Å². The van der Waals surface area contributed by atoms with Gasteiger partial charge < -0.3 is 28.8 Å². The van der Waals surface area contributed by atoms with Crippen LogP contribution >= 0.6 is 0 Å². The van der Waals surface area contributed by atoms with Gasteiger partial charge in [-0.25, -0.2) is 9.36 Å². The number of methoxy groups -OCH3 is 1. The van der Waals surface area contributed by atoms with E-state index in [4.69, 9.17) is 23.7 Å². The molecular weight excluding hydrogens is 737 g/mol. The fourth-order valence-corrected chi connectivity index (χ4v) is 9.41. The summed E-state index contributed by atoms with van der Waals surface area (Å²) >= 11 is 0. The van der Waals surface area contributed by atoms with Crippen molar-refractivity contribution in [2.24, 2.45) is 11.3 Å². The van der Waals surface area contributed by atoms with Crippen LogP contribution in [0.15, 0.2) is 61.2 Å². The summed E-state index contributed by atoms with van der Waals surface area (Å²) in [5.41, 5.74) is 8.98. The van der Waals surface area contributed by atoms with Crippen LogP contribution in [0.4, 0.5) is 0 Å². The molecule has 2 aromatic carbocycles. The maximum Gasteiger partial charge on any atom is 0.141 e. The molecule has 0 saturated heterocycles. The predicted molar refractivity (Wildman–Crippen MR) is 213 cm³/mol. The summed E-state index contributed by atoms with van der Waals surface area (Å²) in [5.74, 6) is 2.18. The molecule has 3 saturated carbocycles. The summed E-state index contributed by atoms with van der Waals surface area (Å²) in [5, 5.41) is 29.2. The van der Waals surface area contributed by atoms with Crippen LogP contribution in [0.1, 0.15) is 104 Å². The zero-order valence-electron chi connectivity index (χ0n) is 33.3. The Morgan fingerprint density at radius 3 is 1.88 bits per heavy atom. The molecule has 3 aliphatic carbocycles. The van der Waals surface area contributed by atoms with Gasteiger partial charge in [-0.3, -0.25) is 9.97 Å². The first kappa shape index (κ1) is 37.3. The number of hydrogen-bond donors (Lipinski definition) is 1. The molecule has 1 spiro atoms. The number of ether oxygens (including phenoxy) is 5. The minimum Gasteiger partial charge on any atom is -0.484 e. The van der Waals surface area contributed by atoms with Crippen LogP contribution < -0.4 is 9.47 Å². The van der Waals surface area contributed by atoms with Crippen molar-refractivity contribution in [3.63, 3.8) is 0 Å². The highest BCUT2D eigenvalue weighted by Gasteiger charge is 2.53.